The molecule has 0 bridgehead atoms. The molecule has 1 aliphatic heterocycles. The first kappa shape index (κ1) is 18.4. The van der Waals surface area contributed by atoms with E-state index in [-0.39, 0.29) is 12.6 Å². The Labute approximate surface area is 167 Å². The minimum atomic E-state index is -0.408. The van der Waals surface area contributed by atoms with Gasteiger partial charge in [-0.3, -0.25) is 24.2 Å². The summed E-state index contributed by atoms with van der Waals surface area (Å²) in [5.41, 5.74) is 1.71. The van der Waals surface area contributed by atoms with Crippen LogP contribution in [0.2, 0.25) is 0 Å². The number of rotatable bonds is 5. The van der Waals surface area contributed by atoms with Crippen molar-refractivity contribution in [3.8, 4) is 5.75 Å². The maximum absolute atomic E-state index is 13.3. The number of methoxy groups -OCH3 is 1. The van der Waals surface area contributed by atoms with E-state index >= 15 is 0 Å². The molecule has 0 unspecified atom stereocenters. The lowest BCUT2D eigenvalue weighted by Crippen LogP contribution is -2.44. The van der Waals surface area contributed by atoms with Gasteiger partial charge in [0.15, 0.2) is 0 Å². The van der Waals surface area contributed by atoms with Crippen LogP contribution < -0.4 is 9.64 Å². The Morgan fingerprint density at radius 1 is 0.828 bits per heavy atom. The first-order chi connectivity index (χ1) is 14.1. The minimum absolute atomic E-state index is 0.179. The largest absolute Gasteiger partial charge is 0.497 e. The number of carbonyl (C=O) groups is 3. The molecule has 0 saturated carbocycles. The standard InChI is InChI=1S/C23H18N2O4/c1-29-18-13-11-16(12-14-18)21(26)24(17-7-3-2-4-8-17)15-25-22(27)19-9-5-6-10-20(19)23(25)28/h2-14H,15H2,1H3. The van der Waals surface area contributed by atoms with Gasteiger partial charge in [-0.2, -0.15) is 0 Å². The van der Waals surface area contributed by atoms with Crippen molar-refractivity contribution in [3.05, 3.63) is 95.6 Å². The lowest BCUT2D eigenvalue weighted by molar-refractivity contribution is 0.0650. The average Bonchev–Trinajstić information content (AvgIpc) is 3.02. The highest BCUT2D eigenvalue weighted by Gasteiger charge is 2.37. The van der Waals surface area contributed by atoms with Crippen molar-refractivity contribution in [2.75, 3.05) is 18.7 Å². The van der Waals surface area contributed by atoms with E-state index in [4.69, 9.17) is 4.74 Å². The predicted molar refractivity (Wildman–Crippen MR) is 108 cm³/mol. The fraction of sp³-hybridized carbons (Fsp3) is 0.0870. The third-order valence-corrected chi connectivity index (χ3v) is 4.81. The molecular weight excluding hydrogens is 368 g/mol. The van der Waals surface area contributed by atoms with Crippen molar-refractivity contribution < 1.29 is 19.1 Å². The summed E-state index contributed by atoms with van der Waals surface area (Å²) < 4.78 is 5.14. The van der Waals surface area contributed by atoms with Gasteiger partial charge in [-0.05, 0) is 48.5 Å². The van der Waals surface area contributed by atoms with E-state index in [2.05, 4.69) is 0 Å². The molecule has 4 rings (SSSR count). The van der Waals surface area contributed by atoms with Crippen LogP contribution in [-0.2, 0) is 0 Å². The van der Waals surface area contributed by atoms with Crippen LogP contribution in [0.5, 0.6) is 5.75 Å². The van der Waals surface area contributed by atoms with E-state index < -0.39 is 11.8 Å². The van der Waals surface area contributed by atoms with E-state index in [1.807, 2.05) is 6.07 Å². The van der Waals surface area contributed by atoms with Gasteiger partial charge in [0.25, 0.3) is 17.7 Å². The second kappa shape index (κ2) is 7.59. The summed E-state index contributed by atoms with van der Waals surface area (Å²) in [6.07, 6.45) is 0. The molecule has 3 aromatic rings. The molecule has 0 atom stereocenters. The van der Waals surface area contributed by atoms with Gasteiger partial charge in [0, 0.05) is 11.3 Å². The first-order valence-corrected chi connectivity index (χ1v) is 9.06. The van der Waals surface area contributed by atoms with Crippen molar-refractivity contribution >= 4 is 23.4 Å². The quantitative estimate of drug-likeness (QED) is 0.629. The fourth-order valence-electron chi connectivity index (χ4n) is 3.27. The number of para-hydroxylation sites is 1. The molecule has 0 spiro atoms. The van der Waals surface area contributed by atoms with Crippen molar-refractivity contribution in [3.63, 3.8) is 0 Å². The maximum atomic E-state index is 13.3. The Hall–Kier alpha value is -3.93. The number of hydrogen-bond donors (Lipinski definition) is 0. The molecule has 0 fully saturated rings. The van der Waals surface area contributed by atoms with Crippen LogP contribution in [0.15, 0.2) is 78.9 Å². The summed E-state index contributed by atoms with van der Waals surface area (Å²) in [6.45, 7) is -0.179. The molecule has 3 amide bonds. The molecular formula is C23H18N2O4. The third-order valence-electron chi connectivity index (χ3n) is 4.81. The predicted octanol–water partition coefficient (Wildman–Crippen LogP) is 3.60. The topological polar surface area (TPSA) is 66.9 Å². The zero-order chi connectivity index (χ0) is 20.4. The number of carbonyl (C=O) groups excluding carboxylic acids is 3. The summed E-state index contributed by atoms with van der Waals surface area (Å²) in [7, 11) is 1.55. The summed E-state index contributed by atoms with van der Waals surface area (Å²) >= 11 is 0. The fourth-order valence-corrected chi connectivity index (χ4v) is 3.27. The number of ether oxygens (including phenoxy) is 1. The summed E-state index contributed by atoms with van der Waals surface area (Å²) in [4.78, 5) is 41.3. The van der Waals surface area contributed by atoms with Crippen molar-refractivity contribution in [2.45, 2.75) is 0 Å². The van der Waals surface area contributed by atoms with Crippen molar-refractivity contribution in [1.82, 2.24) is 4.90 Å². The SMILES string of the molecule is COc1ccc(C(=O)N(CN2C(=O)c3ccccc3C2=O)c2ccccc2)cc1. The summed E-state index contributed by atoms with van der Waals surface area (Å²) in [6, 6.07) is 22.3. The van der Waals surface area contributed by atoms with Crippen molar-refractivity contribution in [1.29, 1.82) is 0 Å². The molecule has 0 saturated heterocycles. The highest BCUT2D eigenvalue weighted by atomic mass is 16.5. The Morgan fingerprint density at radius 2 is 1.38 bits per heavy atom. The molecule has 0 aliphatic carbocycles. The molecule has 0 radical (unpaired) electrons. The van der Waals surface area contributed by atoms with Crippen LogP contribution >= 0.6 is 0 Å². The summed E-state index contributed by atoms with van der Waals surface area (Å²) in [5, 5.41) is 0. The second-order valence-corrected chi connectivity index (χ2v) is 6.52. The van der Waals surface area contributed by atoms with Gasteiger partial charge in [0.05, 0.1) is 18.2 Å². The molecule has 29 heavy (non-hydrogen) atoms. The van der Waals surface area contributed by atoms with Gasteiger partial charge in [-0.1, -0.05) is 30.3 Å². The monoisotopic (exact) mass is 386 g/mol. The Kier molecular flexibility index (Phi) is 4.83. The number of anilines is 1. The highest BCUT2D eigenvalue weighted by Crippen LogP contribution is 2.25. The molecule has 1 heterocycles. The molecule has 6 nitrogen and oxygen atoms in total. The maximum Gasteiger partial charge on any atom is 0.263 e. The zero-order valence-electron chi connectivity index (χ0n) is 15.7. The van der Waals surface area contributed by atoms with Crippen LogP contribution in [0.4, 0.5) is 5.69 Å². The van der Waals surface area contributed by atoms with Gasteiger partial charge in [0.1, 0.15) is 12.4 Å². The van der Waals surface area contributed by atoms with Gasteiger partial charge >= 0.3 is 0 Å². The molecule has 144 valence electrons. The van der Waals surface area contributed by atoms with E-state index in [0.717, 1.165) is 4.90 Å². The van der Waals surface area contributed by atoms with E-state index in [0.29, 0.717) is 28.1 Å². The molecule has 0 N–H and O–H groups in total. The number of hydrogen-bond acceptors (Lipinski definition) is 4. The number of fused-ring (bicyclic) bond motifs is 1. The molecule has 3 aromatic carbocycles. The Balaban J connectivity index is 1.68. The van der Waals surface area contributed by atoms with Crippen LogP contribution in [0.1, 0.15) is 31.1 Å². The minimum Gasteiger partial charge on any atom is -0.497 e. The van der Waals surface area contributed by atoms with Crippen LogP contribution in [0.3, 0.4) is 0 Å². The first-order valence-electron chi connectivity index (χ1n) is 9.06. The Bertz CT molecular complexity index is 1040. The lowest BCUT2D eigenvalue weighted by Gasteiger charge is -2.27. The molecule has 0 aromatic heterocycles. The van der Waals surface area contributed by atoms with Crippen LogP contribution in [0.25, 0.3) is 0 Å². The molecule has 6 heteroatoms. The normalized spacial score (nSPS) is 12.7. The highest BCUT2D eigenvalue weighted by molar-refractivity contribution is 6.22. The van der Waals surface area contributed by atoms with Crippen molar-refractivity contribution in [2.24, 2.45) is 0 Å². The van der Waals surface area contributed by atoms with E-state index in [1.165, 1.54) is 4.90 Å². The number of nitrogens with zero attached hydrogens (tertiary/aromatic N) is 2. The van der Waals surface area contributed by atoms with Gasteiger partial charge < -0.3 is 4.74 Å². The average molecular weight is 386 g/mol. The van der Waals surface area contributed by atoms with E-state index in [9.17, 15) is 14.4 Å². The zero-order valence-corrected chi connectivity index (χ0v) is 15.7. The van der Waals surface area contributed by atoms with Gasteiger partial charge in [-0.25, -0.2) is 0 Å². The van der Waals surface area contributed by atoms with Crippen LogP contribution in [-0.4, -0.2) is 36.4 Å². The number of benzene rings is 3. The van der Waals surface area contributed by atoms with E-state index in [1.54, 1.807) is 79.9 Å². The smallest absolute Gasteiger partial charge is 0.263 e. The van der Waals surface area contributed by atoms with Gasteiger partial charge in [-0.15, -0.1) is 0 Å². The number of imide groups is 1. The second-order valence-electron chi connectivity index (χ2n) is 6.52. The lowest BCUT2D eigenvalue weighted by atomic mass is 10.1. The van der Waals surface area contributed by atoms with Gasteiger partial charge in [0.2, 0.25) is 0 Å². The van der Waals surface area contributed by atoms with Crippen LogP contribution in [0, 0.1) is 0 Å². The Morgan fingerprint density at radius 3 is 1.93 bits per heavy atom. The number of amides is 3. The summed E-state index contributed by atoms with van der Waals surface area (Å²) in [5.74, 6) is -0.508. The third kappa shape index (κ3) is 3.36. The molecule has 1 aliphatic rings.